The molecule has 0 unspecified atom stereocenters. The summed E-state index contributed by atoms with van der Waals surface area (Å²) in [7, 11) is 0. The van der Waals surface area contributed by atoms with Crippen molar-refractivity contribution < 1.29 is 14.3 Å². The fourth-order valence-electron chi connectivity index (χ4n) is 1.49. The summed E-state index contributed by atoms with van der Waals surface area (Å²) in [5, 5.41) is 2.56. The molecule has 0 aliphatic carbocycles. The number of hydrogen-bond acceptors (Lipinski definition) is 3. The molecule has 1 aromatic carbocycles. The summed E-state index contributed by atoms with van der Waals surface area (Å²) in [6, 6.07) is 7.18. The highest BCUT2D eigenvalue weighted by Gasteiger charge is 2.16. The third-order valence-corrected chi connectivity index (χ3v) is 2.37. The molecular weight excluding hydrogens is 242 g/mol. The zero-order valence-corrected chi connectivity index (χ0v) is 11.9. The minimum absolute atomic E-state index is 0.0923. The van der Waals surface area contributed by atoms with Crippen molar-refractivity contribution in [2.45, 2.75) is 34.1 Å². The fraction of sp³-hybridized carbons (Fsp3) is 0.467. The van der Waals surface area contributed by atoms with Crippen LogP contribution >= 0.6 is 0 Å². The van der Waals surface area contributed by atoms with Crippen molar-refractivity contribution in [3.05, 3.63) is 29.8 Å². The first-order chi connectivity index (χ1) is 8.76. The average molecular weight is 263 g/mol. The molecule has 0 saturated heterocycles. The molecule has 19 heavy (non-hydrogen) atoms. The Balaban J connectivity index is 2.36. The number of carbonyl (C=O) groups is 2. The molecule has 0 atom stereocenters. The van der Waals surface area contributed by atoms with E-state index < -0.39 is 5.97 Å². The van der Waals surface area contributed by atoms with E-state index in [1.165, 1.54) is 0 Å². The average Bonchev–Trinajstić information content (AvgIpc) is 2.27. The number of esters is 1. The van der Waals surface area contributed by atoms with E-state index in [4.69, 9.17) is 4.74 Å². The fourth-order valence-corrected chi connectivity index (χ4v) is 1.49. The summed E-state index contributed by atoms with van der Waals surface area (Å²) < 4.78 is 5.10. The van der Waals surface area contributed by atoms with E-state index in [2.05, 4.69) is 5.32 Å². The third-order valence-electron chi connectivity index (χ3n) is 2.37. The Labute approximate surface area is 114 Å². The normalized spacial score (nSPS) is 10.9. The van der Waals surface area contributed by atoms with Gasteiger partial charge >= 0.3 is 5.97 Å². The van der Waals surface area contributed by atoms with Crippen LogP contribution < -0.4 is 10.1 Å². The van der Waals surface area contributed by atoms with Crippen LogP contribution in [0.15, 0.2) is 24.3 Å². The van der Waals surface area contributed by atoms with Crippen LogP contribution in [-0.4, -0.2) is 18.4 Å². The van der Waals surface area contributed by atoms with Gasteiger partial charge in [-0.05, 0) is 24.5 Å². The first kappa shape index (κ1) is 15.2. The van der Waals surface area contributed by atoms with Gasteiger partial charge in [0.1, 0.15) is 12.3 Å². The molecule has 0 heterocycles. The van der Waals surface area contributed by atoms with E-state index in [9.17, 15) is 9.59 Å². The van der Waals surface area contributed by atoms with E-state index in [1.54, 1.807) is 12.1 Å². The van der Waals surface area contributed by atoms with Crippen molar-refractivity contribution in [2.75, 3.05) is 6.54 Å². The van der Waals surface area contributed by atoms with Gasteiger partial charge in [-0.25, -0.2) is 4.79 Å². The highest BCUT2D eigenvalue weighted by atomic mass is 16.5. The highest BCUT2D eigenvalue weighted by Crippen LogP contribution is 2.17. The largest absolute Gasteiger partial charge is 0.425 e. The SMILES string of the molecule is Cc1ccc(OC(=O)CNC(=O)CC(C)(C)C)cc1. The van der Waals surface area contributed by atoms with Gasteiger partial charge in [-0.1, -0.05) is 38.5 Å². The molecule has 0 aliphatic heterocycles. The molecule has 0 aromatic heterocycles. The molecule has 1 aromatic rings. The lowest BCUT2D eigenvalue weighted by molar-refractivity contribution is -0.136. The number of rotatable bonds is 4. The quantitative estimate of drug-likeness (QED) is 0.670. The lowest BCUT2D eigenvalue weighted by Crippen LogP contribution is -2.33. The molecular formula is C15H21NO3. The molecule has 0 spiro atoms. The predicted octanol–water partition coefficient (Wildman–Crippen LogP) is 2.45. The molecule has 0 aliphatic rings. The second-order valence-corrected chi connectivity index (χ2v) is 5.80. The maximum Gasteiger partial charge on any atom is 0.330 e. The van der Waals surface area contributed by atoms with Gasteiger partial charge in [0.2, 0.25) is 5.91 Å². The first-order valence-electron chi connectivity index (χ1n) is 6.30. The Morgan fingerprint density at radius 2 is 1.74 bits per heavy atom. The predicted molar refractivity (Wildman–Crippen MR) is 73.9 cm³/mol. The molecule has 104 valence electrons. The molecule has 0 radical (unpaired) electrons. The number of nitrogens with one attached hydrogen (secondary N) is 1. The molecule has 0 fully saturated rings. The van der Waals surface area contributed by atoms with Crippen molar-refractivity contribution in [2.24, 2.45) is 5.41 Å². The number of aryl methyl sites for hydroxylation is 1. The Bertz CT molecular complexity index is 443. The van der Waals surface area contributed by atoms with E-state index in [-0.39, 0.29) is 17.9 Å². The van der Waals surface area contributed by atoms with Crippen LogP contribution in [0.25, 0.3) is 0 Å². The summed E-state index contributed by atoms with van der Waals surface area (Å²) in [5.41, 5.74) is 1.00. The Kier molecular flexibility index (Phi) is 5.10. The van der Waals surface area contributed by atoms with Gasteiger partial charge in [0.05, 0.1) is 0 Å². The lowest BCUT2D eigenvalue weighted by atomic mass is 9.92. The second-order valence-electron chi connectivity index (χ2n) is 5.80. The second kappa shape index (κ2) is 6.36. The zero-order valence-electron chi connectivity index (χ0n) is 11.9. The van der Waals surface area contributed by atoms with Crippen LogP contribution in [0, 0.1) is 12.3 Å². The zero-order chi connectivity index (χ0) is 14.5. The first-order valence-corrected chi connectivity index (χ1v) is 6.30. The summed E-state index contributed by atoms with van der Waals surface area (Å²) >= 11 is 0. The standard InChI is InChI=1S/C15H21NO3/c1-11-5-7-12(8-6-11)19-14(18)10-16-13(17)9-15(2,3)4/h5-8H,9-10H2,1-4H3,(H,16,17). The van der Waals surface area contributed by atoms with E-state index in [0.717, 1.165) is 5.56 Å². The van der Waals surface area contributed by atoms with Crippen LogP contribution in [0.5, 0.6) is 5.75 Å². The molecule has 1 amide bonds. The maximum absolute atomic E-state index is 11.5. The van der Waals surface area contributed by atoms with Crippen molar-refractivity contribution in [1.29, 1.82) is 0 Å². The maximum atomic E-state index is 11.5. The molecule has 4 heteroatoms. The smallest absolute Gasteiger partial charge is 0.330 e. The number of ether oxygens (including phenoxy) is 1. The number of hydrogen-bond donors (Lipinski definition) is 1. The Morgan fingerprint density at radius 3 is 2.26 bits per heavy atom. The number of amides is 1. The Hall–Kier alpha value is -1.84. The van der Waals surface area contributed by atoms with Gasteiger partial charge in [0.15, 0.2) is 0 Å². The van der Waals surface area contributed by atoms with Gasteiger partial charge in [-0.3, -0.25) is 4.79 Å². The molecule has 0 bridgehead atoms. The van der Waals surface area contributed by atoms with Crippen molar-refractivity contribution >= 4 is 11.9 Å². The molecule has 1 rings (SSSR count). The molecule has 4 nitrogen and oxygen atoms in total. The lowest BCUT2D eigenvalue weighted by Gasteiger charge is -2.16. The van der Waals surface area contributed by atoms with Crippen molar-refractivity contribution in [3.63, 3.8) is 0 Å². The molecule has 1 N–H and O–H groups in total. The monoisotopic (exact) mass is 263 g/mol. The molecule has 0 saturated carbocycles. The van der Waals surface area contributed by atoms with E-state index >= 15 is 0 Å². The highest BCUT2D eigenvalue weighted by molar-refractivity contribution is 5.83. The Morgan fingerprint density at radius 1 is 1.16 bits per heavy atom. The summed E-state index contributed by atoms with van der Waals surface area (Å²) in [6.07, 6.45) is 0.380. The van der Waals surface area contributed by atoms with Crippen molar-refractivity contribution in [1.82, 2.24) is 5.32 Å². The minimum Gasteiger partial charge on any atom is -0.425 e. The van der Waals surface area contributed by atoms with Gasteiger partial charge in [0.25, 0.3) is 0 Å². The van der Waals surface area contributed by atoms with Crippen LogP contribution in [0.3, 0.4) is 0 Å². The van der Waals surface area contributed by atoms with Crippen molar-refractivity contribution in [3.8, 4) is 5.75 Å². The van der Waals surface area contributed by atoms with Gasteiger partial charge in [-0.2, -0.15) is 0 Å². The topological polar surface area (TPSA) is 55.4 Å². The summed E-state index contributed by atoms with van der Waals surface area (Å²) in [6.45, 7) is 7.76. The number of carbonyl (C=O) groups excluding carboxylic acids is 2. The third kappa shape index (κ3) is 6.60. The minimum atomic E-state index is -0.467. The van der Waals surface area contributed by atoms with Gasteiger partial charge in [0, 0.05) is 6.42 Å². The van der Waals surface area contributed by atoms with E-state index in [1.807, 2.05) is 39.8 Å². The van der Waals surface area contributed by atoms with Crippen LogP contribution in [0.4, 0.5) is 0 Å². The van der Waals surface area contributed by atoms with Crippen LogP contribution in [0.1, 0.15) is 32.8 Å². The van der Waals surface area contributed by atoms with Crippen LogP contribution in [0.2, 0.25) is 0 Å². The van der Waals surface area contributed by atoms with Gasteiger partial charge in [-0.15, -0.1) is 0 Å². The van der Waals surface area contributed by atoms with Crippen LogP contribution in [-0.2, 0) is 9.59 Å². The summed E-state index contributed by atoms with van der Waals surface area (Å²) in [5.74, 6) is -0.125. The number of benzene rings is 1. The summed E-state index contributed by atoms with van der Waals surface area (Å²) in [4.78, 5) is 23.1. The van der Waals surface area contributed by atoms with E-state index in [0.29, 0.717) is 12.2 Å². The van der Waals surface area contributed by atoms with Gasteiger partial charge < -0.3 is 10.1 Å².